The maximum absolute atomic E-state index is 12.1. The highest BCUT2D eigenvalue weighted by Crippen LogP contribution is 2.27. The van der Waals surface area contributed by atoms with Gasteiger partial charge in [0, 0.05) is 29.5 Å². The van der Waals surface area contributed by atoms with E-state index in [1.807, 2.05) is 68.4 Å². The molecule has 3 aromatic rings. The van der Waals surface area contributed by atoms with E-state index >= 15 is 0 Å². The van der Waals surface area contributed by atoms with Crippen molar-refractivity contribution in [2.75, 3.05) is 12.4 Å². The lowest BCUT2D eigenvalue weighted by molar-refractivity contribution is -0.124. The lowest BCUT2D eigenvalue weighted by Gasteiger charge is -2.09. The number of nitrogens with one attached hydrogen (secondary N) is 2. The molecule has 0 fully saturated rings. The maximum Gasteiger partial charge on any atom is 0.240 e. The molecular formula is C24H25N3O3. The lowest BCUT2D eigenvalue weighted by atomic mass is 10.0. The summed E-state index contributed by atoms with van der Waals surface area (Å²) < 4.78 is 5.38. The third kappa shape index (κ3) is 5.23. The number of aryl methyl sites for hydroxylation is 2. The van der Waals surface area contributed by atoms with E-state index in [4.69, 9.17) is 4.74 Å². The van der Waals surface area contributed by atoms with Crippen LogP contribution >= 0.6 is 0 Å². The van der Waals surface area contributed by atoms with Gasteiger partial charge >= 0.3 is 0 Å². The summed E-state index contributed by atoms with van der Waals surface area (Å²) in [5.74, 6) is 0.253. The molecule has 0 atom stereocenters. The first kappa shape index (κ1) is 21.0. The predicted molar refractivity (Wildman–Crippen MR) is 120 cm³/mol. The Kier molecular flexibility index (Phi) is 6.80. The Bertz CT molecular complexity index is 1110. The van der Waals surface area contributed by atoms with Gasteiger partial charge in [-0.2, -0.15) is 5.10 Å². The molecule has 0 aliphatic carbocycles. The number of ether oxygens (including phenoxy) is 1. The molecule has 154 valence electrons. The average molecular weight is 403 g/mol. The van der Waals surface area contributed by atoms with E-state index in [0.29, 0.717) is 0 Å². The van der Waals surface area contributed by atoms with Gasteiger partial charge in [0.1, 0.15) is 5.75 Å². The SMILES string of the molecule is COc1ccc(/C=N\NC(=O)CCC(=O)Nc2ccc(C)cc2C)c2ccccc12. The minimum atomic E-state index is -0.320. The number of carbonyl (C=O) groups excluding carboxylic acids is 2. The molecule has 0 saturated carbocycles. The summed E-state index contributed by atoms with van der Waals surface area (Å²) >= 11 is 0. The van der Waals surface area contributed by atoms with Gasteiger partial charge in [-0.1, -0.05) is 42.0 Å². The van der Waals surface area contributed by atoms with Gasteiger partial charge in [0.2, 0.25) is 11.8 Å². The Balaban J connectivity index is 1.54. The first-order valence-corrected chi connectivity index (χ1v) is 9.72. The zero-order valence-corrected chi connectivity index (χ0v) is 17.4. The molecular weight excluding hydrogens is 378 g/mol. The number of hydrazone groups is 1. The van der Waals surface area contributed by atoms with Crippen LogP contribution in [0.3, 0.4) is 0 Å². The number of nitrogens with zero attached hydrogens (tertiary/aromatic N) is 1. The summed E-state index contributed by atoms with van der Waals surface area (Å²) in [5, 5.41) is 8.82. The summed E-state index contributed by atoms with van der Waals surface area (Å²) in [6.07, 6.45) is 1.73. The Morgan fingerprint density at radius 2 is 1.70 bits per heavy atom. The molecule has 0 saturated heterocycles. The van der Waals surface area contributed by atoms with Gasteiger partial charge in [-0.15, -0.1) is 0 Å². The molecule has 0 aliphatic heterocycles. The summed E-state index contributed by atoms with van der Waals surface area (Å²) in [6.45, 7) is 3.94. The maximum atomic E-state index is 12.1. The minimum absolute atomic E-state index is 0.0530. The average Bonchev–Trinajstić information content (AvgIpc) is 2.74. The third-order valence-corrected chi connectivity index (χ3v) is 4.77. The number of benzene rings is 3. The fourth-order valence-electron chi connectivity index (χ4n) is 3.21. The van der Waals surface area contributed by atoms with Crippen LogP contribution in [0.5, 0.6) is 5.75 Å². The molecule has 0 bridgehead atoms. The molecule has 6 nitrogen and oxygen atoms in total. The largest absolute Gasteiger partial charge is 0.496 e. The van der Waals surface area contributed by atoms with Crippen molar-refractivity contribution < 1.29 is 14.3 Å². The lowest BCUT2D eigenvalue weighted by Crippen LogP contribution is -2.20. The van der Waals surface area contributed by atoms with Gasteiger partial charge < -0.3 is 10.1 Å². The Hall–Kier alpha value is -3.67. The molecule has 2 N–H and O–H groups in total. The Morgan fingerprint density at radius 1 is 0.967 bits per heavy atom. The van der Waals surface area contributed by atoms with Crippen molar-refractivity contribution in [1.29, 1.82) is 0 Å². The number of amides is 2. The van der Waals surface area contributed by atoms with Gasteiger partial charge in [0.15, 0.2) is 0 Å². The van der Waals surface area contributed by atoms with Crippen LogP contribution in [0.25, 0.3) is 10.8 Å². The van der Waals surface area contributed by atoms with Crippen molar-refractivity contribution in [1.82, 2.24) is 5.43 Å². The van der Waals surface area contributed by atoms with Gasteiger partial charge in [0.05, 0.1) is 13.3 Å². The molecule has 0 unspecified atom stereocenters. The number of anilines is 1. The summed E-state index contributed by atoms with van der Waals surface area (Å²) in [6, 6.07) is 17.4. The number of rotatable bonds is 7. The van der Waals surface area contributed by atoms with Crippen LogP contribution in [0.15, 0.2) is 59.7 Å². The van der Waals surface area contributed by atoms with Crippen LogP contribution in [-0.2, 0) is 9.59 Å². The fraction of sp³-hybridized carbons (Fsp3) is 0.208. The summed E-state index contributed by atoms with van der Waals surface area (Å²) in [7, 11) is 1.63. The second kappa shape index (κ2) is 9.69. The predicted octanol–water partition coefficient (Wildman–Crippen LogP) is 4.33. The molecule has 0 spiro atoms. The molecule has 3 rings (SSSR count). The van der Waals surface area contributed by atoms with E-state index < -0.39 is 0 Å². The standard InChI is InChI=1S/C24H25N3O3/c1-16-8-10-21(17(2)14-16)26-23(28)12-13-24(29)27-25-15-18-9-11-22(30-3)20-7-5-4-6-19(18)20/h4-11,14-15H,12-13H2,1-3H3,(H,26,28)(H,27,29)/b25-15-. The van der Waals surface area contributed by atoms with Crippen molar-refractivity contribution in [2.24, 2.45) is 5.10 Å². The molecule has 6 heteroatoms. The number of hydrogen-bond donors (Lipinski definition) is 2. The van der Waals surface area contributed by atoms with E-state index in [0.717, 1.165) is 38.9 Å². The van der Waals surface area contributed by atoms with E-state index in [9.17, 15) is 9.59 Å². The summed E-state index contributed by atoms with van der Waals surface area (Å²) in [5.41, 5.74) is 6.22. The molecule has 0 aliphatic rings. The normalized spacial score (nSPS) is 10.9. The van der Waals surface area contributed by atoms with Gasteiger partial charge in [-0.05, 0) is 43.0 Å². The van der Waals surface area contributed by atoms with Crippen LogP contribution in [0.1, 0.15) is 29.5 Å². The van der Waals surface area contributed by atoms with Crippen molar-refractivity contribution in [3.8, 4) is 5.75 Å². The van der Waals surface area contributed by atoms with Crippen molar-refractivity contribution in [2.45, 2.75) is 26.7 Å². The van der Waals surface area contributed by atoms with Gasteiger partial charge in [-0.3, -0.25) is 9.59 Å². The summed E-state index contributed by atoms with van der Waals surface area (Å²) in [4.78, 5) is 24.2. The van der Waals surface area contributed by atoms with Crippen molar-refractivity contribution >= 4 is 34.5 Å². The quantitative estimate of drug-likeness (QED) is 0.455. The molecule has 0 radical (unpaired) electrons. The monoisotopic (exact) mass is 403 g/mol. The van der Waals surface area contributed by atoms with Gasteiger partial charge in [-0.25, -0.2) is 5.43 Å². The number of hydrogen-bond acceptors (Lipinski definition) is 4. The zero-order chi connectivity index (χ0) is 21.5. The third-order valence-electron chi connectivity index (χ3n) is 4.77. The van der Waals surface area contributed by atoms with E-state index in [2.05, 4.69) is 15.8 Å². The van der Waals surface area contributed by atoms with Crippen LogP contribution in [0.4, 0.5) is 5.69 Å². The van der Waals surface area contributed by atoms with Crippen LogP contribution < -0.4 is 15.5 Å². The highest BCUT2D eigenvalue weighted by atomic mass is 16.5. The Labute approximate surface area is 175 Å². The first-order chi connectivity index (χ1) is 14.5. The van der Waals surface area contributed by atoms with E-state index in [-0.39, 0.29) is 24.7 Å². The van der Waals surface area contributed by atoms with Crippen molar-refractivity contribution in [3.63, 3.8) is 0 Å². The number of fused-ring (bicyclic) bond motifs is 1. The van der Waals surface area contributed by atoms with Crippen molar-refractivity contribution in [3.05, 3.63) is 71.3 Å². The smallest absolute Gasteiger partial charge is 0.240 e. The fourth-order valence-corrected chi connectivity index (χ4v) is 3.21. The van der Waals surface area contributed by atoms with Crippen LogP contribution in [0.2, 0.25) is 0 Å². The molecule has 30 heavy (non-hydrogen) atoms. The Morgan fingerprint density at radius 3 is 2.43 bits per heavy atom. The second-order valence-corrected chi connectivity index (χ2v) is 7.06. The minimum Gasteiger partial charge on any atom is -0.496 e. The van der Waals surface area contributed by atoms with E-state index in [1.165, 1.54) is 0 Å². The molecule has 0 aromatic heterocycles. The highest BCUT2D eigenvalue weighted by Gasteiger charge is 2.09. The highest BCUT2D eigenvalue weighted by molar-refractivity contribution is 6.02. The molecule has 2 amide bonds. The molecule has 3 aromatic carbocycles. The zero-order valence-electron chi connectivity index (χ0n) is 17.4. The number of carbonyl (C=O) groups is 2. The van der Waals surface area contributed by atoms with Gasteiger partial charge in [0.25, 0.3) is 0 Å². The van der Waals surface area contributed by atoms with E-state index in [1.54, 1.807) is 13.3 Å². The topological polar surface area (TPSA) is 79.8 Å². The second-order valence-electron chi connectivity index (χ2n) is 7.06. The molecule has 0 heterocycles. The van der Waals surface area contributed by atoms with Crippen LogP contribution in [0, 0.1) is 13.8 Å². The number of methoxy groups -OCH3 is 1. The first-order valence-electron chi connectivity index (χ1n) is 9.72. The van der Waals surface area contributed by atoms with Crippen LogP contribution in [-0.4, -0.2) is 25.1 Å².